The molecule has 0 saturated carbocycles. The summed E-state index contributed by atoms with van der Waals surface area (Å²) < 4.78 is 0. The minimum absolute atomic E-state index is 0.360. The highest BCUT2D eigenvalue weighted by atomic mass is 35.5. The first-order valence-electron chi connectivity index (χ1n) is 6.90. The average Bonchev–Trinajstić information content (AvgIpc) is 2.56. The maximum Gasteiger partial charge on any atom is 0.143 e. The van der Waals surface area contributed by atoms with Crippen LogP contribution in [-0.4, -0.2) is 16.5 Å². The summed E-state index contributed by atoms with van der Waals surface area (Å²) >= 11 is 5.96. The highest BCUT2D eigenvalue weighted by Crippen LogP contribution is 2.24. The van der Waals surface area contributed by atoms with Gasteiger partial charge < -0.3 is 5.32 Å². The summed E-state index contributed by atoms with van der Waals surface area (Å²) in [6.45, 7) is 0.723. The van der Waals surface area contributed by atoms with Crippen LogP contribution < -0.4 is 5.32 Å². The number of anilines is 1. The van der Waals surface area contributed by atoms with Crippen molar-refractivity contribution < 1.29 is 0 Å². The summed E-state index contributed by atoms with van der Waals surface area (Å²) in [6, 6.07) is 15.7. The summed E-state index contributed by atoms with van der Waals surface area (Å²) in [5.41, 5.74) is 1.61. The molecule has 0 bridgehead atoms. The lowest BCUT2D eigenvalue weighted by Crippen LogP contribution is -2.07. The monoisotopic (exact) mass is 308 g/mol. The highest BCUT2D eigenvalue weighted by Gasteiger charge is 2.07. The van der Waals surface area contributed by atoms with E-state index < -0.39 is 0 Å². The number of nitrogens with zero attached hydrogens (tertiary/aromatic N) is 3. The van der Waals surface area contributed by atoms with Gasteiger partial charge in [-0.25, -0.2) is 9.97 Å². The molecule has 2 aromatic heterocycles. The lowest BCUT2D eigenvalue weighted by molar-refractivity contribution is 1.01. The Kier molecular flexibility index (Phi) is 4.17. The molecule has 0 aliphatic rings. The Labute approximate surface area is 133 Å². The fraction of sp³-hybridized carbons (Fsp3) is 0.118. The summed E-state index contributed by atoms with van der Waals surface area (Å²) in [5.74, 6) is 0.661. The number of nitriles is 1. The molecule has 0 aliphatic heterocycles. The molecule has 3 aromatic rings. The van der Waals surface area contributed by atoms with Crippen LogP contribution in [0.2, 0.25) is 5.15 Å². The van der Waals surface area contributed by atoms with Crippen molar-refractivity contribution in [2.75, 3.05) is 11.9 Å². The number of aromatic nitrogens is 2. The normalized spacial score (nSPS) is 10.4. The Bertz CT molecular complexity index is 840. The zero-order chi connectivity index (χ0) is 15.4. The van der Waals surface area contributed by atoms with Crippen LogP contribution in [0.1, 0.15) is 11.3 Å². The second-order valence-electron chi connectivity index (χ2n) is 4.86. The predicted octanol–water partition coefficient (Wildman–Crippen LogP) is 3.81. The van der Waals surface area contributed by atoms with E-state index in [9.17, 15) is 0 Å². The lowest BCUT2D eigenvalue weighted by Gasteiger charge is -2.09. The van der Waals surface area contributed by atoms with E-state index in [1.54, 1.807) is 18.3 Å². The van der Waals surface area contributed by atoms with Crippen molar-refractivity contribution in [3.05, 3.63) is 65.1 Å². The van der Waals surface area contributed by atoms with Gasteiger partial charge in [-0.1, -0.05) is 41.9 Å². The number of rotatable bonds is 4. The van der Waals surface area contributed by atoms with Gasteiger partial charge in [-0.2, -0.15) is 5.26 Å². The standard InChI is InChI=1S/C17H13ClN4/c18-16-9-15-13(11-21-16)8-14(10-19)22-17(15)20-7-6-12-4-2-1-3-5-12/h1-5,8-9,11H,6-7H2,(H,20,22). The quantitative estimate of drug-likeness (QED) is 0.744. The van der Waals surface area contributed by atoms with Crippen molar-refractivity contribution in [3.8, 4) is 6.07 Å². The van der Waals surface area contributed by atoms with Crippen LogP contribution in [0.15, 0.2) is 48.7 Å². The van der Waals surface area contributed by atoms with Crippen LogP contribution in [0.4, 0.5) is 5.82 Å². The van der Waals surface area contributed by atoms with Gasteiger partial charge in [0.2, 0.25) is 0 Å². The largest absolute Gasteiger partial charge is 0.369 e. The number of hydrogen-bond acceptors (Lipinski definition) is 4. The molecule has 0 spiro atoms. The molecular formula is C17H13ClN4. The number of fused-ring (bicyclic) bond motifs is 1. The number of nitrogens with one attached hydrogen (secondary N) is 1. The van der Waals surface area contributed by atoms with Crippen LogP contribution in [0, 0.1) is 11.3 Å². The van der Waals surface area contributed by atoms with E-state index in [2.05, 4.69) is 33.5 Å². The van der Waals surface area contributed by atoms with Crippen molar-refractivity contribution in [2.24, 2.45) is 0 Å². The van der Waals surface area contributed by atoms with Gasteiger partial charge in [0.15, 0.2) is 0 Å². The highest BCUT2D eigenvalue weighted by molar-refractivity contribution is 6.30. The molecule has 0 unspecified atom stereocenters. The average molecular weight is 309 g/mol. The first kappa shape index (κ1) is 14.3. The van der Waals surface area contributed by atoms with Gasteiger partial charge in [-0.3, -0.25) is 0 Å². The van der Waals surface area contributed by atoms with Crippen molar-refractivity contribution in [1.29, 1.82) is 5.26 Å². The second-order valence-corrected chi connectivity index (χ2v) is 5.25. The fourth-order valence-corrected chi connectivity index (χ4v) is 2.44. The molecule has 4 nitrogen and oxygen atoms in total. The molecule has 0 aliphatic carbocycles. The third kappa shape index (κ3) is 3.16. The van der Waals surface area contributed by atoms with Crippen LogP contribution in [0.25, 0.3) is 10.8 Å². The van der Waals surface area contributed by atoms with Crippen LogP contribution in [0.5, 0.6) is 0 Å². The second kappa shape index (κ2) is 6.42. The Morgan fingerprint density at radius 1 is 1.18 bits per heavy atom. The molecule has 1 N–H and O–H groups in total. The lowest BCUT2D eigenvalue weighted by atomic mass is 10.1. The molecule has 0 atom stereocenters. The van der Waals surface area contributed by atoms with Crippen molar-refractivity contribution >= 4 is 28.2 Å². The van der Waals surface area contributed by atoms with Gasteiger partial charge in [-0.05, 0) is 24.1 Å². The van der Waals surface area contributed by atoms with E-state index in [-0.39, 0.29) is 0 Å². The number of benzene rings is 1. The van der Waals surface area contributed by atoms with E-state index in [0.717, 1.165) is 23.7 Å². The predicted molar refractivity (Wildman–Crippen MR) is 87.9 cm³/mol. The van der Waals surface area contributed by atoms with Crippen molar-refractivity contribution in [3.63, 3.8) is 0 Å². The number of pyridine rings is 2. The molecule has 3 rings (SSSR count). The van der Waals surface area contributed by atoms with Crippen molar-refractivity contribution in [2.45, 2.75) is 6.42 Å². The topological polar surface area (TPSA) is 61.6 Å². The fourth-order valence-electron chi connectivity index (χ4n) is 2.28. The molecule has 5 heteroatoms. The van der Waals surface area contributed by atoms with Gasteiger partial charge in [0, 0.05) is 23.5 Å². The molecular weight excluding hydrogens is 296 g/mol. The van der Waals surface area contributed by atoms with E-state index >= 15 is 0 Å². The number of halogens is 1. The zero-order valence-corrected chi connectivity index (χ0v) is 12.5. The third-order valence-electron chi connectivity index (χ3n) is 3.34. The van der Waals surface area contributed by atoms with Crippen LogP contribution in [0.3, 0.4) is 0 Å². The summed E-state index contributed by atoms with van der Waals surface area (Å²) in [7, 11) is 0. The van der Waals surface area contributed by atoms with Gasteiger partial charge >= 0.3 is 0 Å². The zero-order valence-electron chi connectivity index (χ0n) is 11.8. The number of hydrogen-bond donors (Lipinski definition) is 1. The molecule has 0 saturated heterocycles. The van der Waals surface area contributed by atoms with E-state index in [4.69, 9.17) is 16.9 Å². The first-order valence-corrected chi connectivity index (χ1v) is 7.28. The van der Waals surface area contributed by atoms with Crippen molar-refractivity contribution in [1.82, 2.24) is 9.97 Å². The molecule has 108 valence electrons. The maximum atomic E-state index is 9.09. The summed E-state index contributed by atoms with van der Waals surface area (Å²) in [6.07, 6.45) is 2.53. The van der Waals surface area contributed by atoms with Gasteiger partial charge in [-0.15, -0.1) is 0 Å². The Balaban J connectivity index is 1.85. The van der Waals surface area contributed by atoms with E-state index in [1.807, 2.05) is 18.2 Å². The summed E-state index contributed by atoms with van der Waals surface area (Å²) in [4.78, 5) is 8.39. The minimum atomic E-state index is 0.360. The molecule has 1 aromatic carbocycles. The maximum absolute atomic E-state index is 9.09. The molecule has 0 fully saturated rings. The SMILES string of the molecule is N#Cc1cc2cnc(Cl)cc2c(NCCc2ccccc2)n1. The molecule has 0 amide bonds. The minimum Gasteiger partial charge on any atom is -0.369 e. The van der Waals surface area contributed by atoms with Gasteiger partial charge in [0.1, 0.15) is 22.7 Å². The van der Waals surface area contributed by atoms with Gasteiger partial charge in [0.05, 0.1) is 0 Å². The van der Waals surface area contributed by atoms with Gasteiger partial charge in [0.25, 0.3) is 0 Å². The first-order chi connectivity index (χ1) is 10.8. The smallest absolute Gasteiger partial charge is 0.143 e. The van der Waals surface area contributed by atoms with Crippen LogP contribution in [-0.2, 0) is 6.42 Å². The third-order valence-corrected chi connectivity index (χ3v) is 3.55. The van der Waals surface area contributed by atoms with E-state index in [1.165, 1.54) is 5.56 Å². The van der Waals surface area contributed by atoms with Crippen LogP contribution >= 0.6 is 11.6 Å². The molecule has 0 radical (unpaired) electrons. The molecule has 22 heavy (non-hydrogen) atoms. The Morgan fingerprint density at radius 2 is 2.00 bits per heavy atom. The molecule has 2 heterocycles. The Hall–Kier alpha value is -2.64. The van der Waals surface area contributed by atoms with E-state index in [0.29, 0.717) is 16.7 Å². The summed E-state index contributed by atoms with van der Waals surface area (Å²) in [5, 5.41) is 14.5. The Morgan fingerprint density at radius 3 is 2.77 bits per heavy atom.